The lowest BCUT2D eigenvalue weighted by Crippen LogP contribution is -2.14. The van der Waals surface area contributed by atoms with E-state index in [0.29, 0.717) is 17.2 Å². The SMILES string of the molecule is Cc1cc(C(=O)Nc2nc3ccccc3[nH]2)c2c(C)nn(C)c2n1. The van der Waals surface area contributed by atoms with Gasteiger partial charge in [0.2, 0.25) is 5.95 Å². The third kappa shape index (κ3) is 2.21. The summed E-state index contributed by atoms with van der Waals surface area (Å²) in [4.78, 5) is 24.7. The zero-order chi connectivity index (χ0) is 16.8. The van der Waals surface area contributed by atoms with Gasteiger partial charge >= 0.3 is 0 Å². The molecule has 0 saturated heterocycles. The van der Waals surface area contributed by atoms with Crippen LogP contribution in [0.1, 0.15) is 21.7 Å². The van der Waals surface area contributed by atoms with Crippen LogP contribution in [0.5, 0.6) is 0 Å². The quantitative estimate of drug-likeness (QED) is 0.594. The fraction of sp³-hybridized carbons (Fsp3) is 0.176. The second-order valence-corrected chi connectivity index (χ2v) is 5.78. The molecule has 0 unspecified atom stereocenters. The van der Waals surface area contributed by atoms with E-state index in [1.54, 1.807) is 10.7 Å². The summed E-state index contributed by atoms with van der Waals surface area (Å²) >= 11 is 0. The molecule has 0 radical (unpaired) electrons. The first kappa shape index (κ1) is 14.4. The summed E-state index contributed by atoms with van der Waals surface area (Å²) in [5.41, 5.74) is 4.46. The number of amides is 1. The van der Waals surface area contributed by atoms with Gasteiger partial charge in [-0.1, -0.05) is 12.1 Å². The number of carbonyl (C=O) groups excluding carboxylic acids is 1. The van der Waals surface area contributed by atoms with Crippen LogP contribution in [0.25, 0.3) is 22.1 Å². The Hall–Kier alpha value is -3.22. The number of aromatic nitrogens is 5. The Kier molecular flexibility index (Phi) is 3.09. The number of carbonyl (C=O) groups is 1. The van der Waals surface area contributed by atoms with Crippen LogP contribution in [0.15, 0.2) is 30.3 Å². The van der Waals surface area contributed by atoms with Gasteiger partial charge in [0.1, 0.15) is 0 Å². The Morgan fingerprint density at radius 3 is 2.79 bits per heavy atom. The van der Waals surface area contributed by atoms with Crippen LogP contribution >= 0.6 is 0 Å². The van der Waals surface area contributed by atoms with E-state index in [0.717, 1.165) is 27.8 Å². The van der Waals surface area contributed by atoms with Crippen LogP contribution in [-0.4, -0.2) is 30.6 Å². The molecular formula is C17H16N6O. The number of aromatic amines is 1. The second-order valence-electron chi connectivity index (χ2n) is 5.78. The zero-order valence-corrected chi connectivity index (χ0v) is 13.6. The predicted octanol–water partition coefficient (Wildman–Crippen LogP) is 2.71. The van der Waals surface area contributed by atoms with Gasteiger partial charge in [-0.25, -0.2) is 9.97 Å². The number of aryl methyl sites for hydroxylation is 3. The molecule has 0 aliphatic heterocycles. The maximum Gasteiger partial charge on any atom is 0.258 e. The topological polar surface area (TPSA) is 88.5 Å². The number of H-pyrrole nitrogens is 1. The second kappa shape index (κ2) is 5.16. The number of para-hydroxylation sites is 2. The molecule has 4 aromatic rings. The van der Waals surface area contributed by atoms with Gasteiger partial charge in [-0.2, -0.15) is 5.10 Å². The average Bonchev–Trinajstić information content (AvgIpc) is 3.07. The highest BCUT2D eigenvalue weighted by molar-refractivity contribution is 6.12. The lowest BCUT2D eigenvalue weighted by molar-refractivity contribution is 0.102. The molecule has 2 N–H and O–H groups in total. The van der Waals surface area contributed by atoms with Gasteiger partial charge in [0.25, 0.3) is 5.91 Å². The van der Waals surface area contributed by atoms with Gasteiger partial charge in [0, 0.05) is 12.7 Å². The highest BCUT2D eigenvalue weighted by Crippen LogP contribution is 2.23. The summed E-state index contributed by atoms with van der Waals surface area (Å²) in [5, 5.41) is 7.96. The molecule has 0 fully saturated rings. The molecule has 0 saturated carbocycles. The minimum Gasteiger partial charge on any atom is -0.324 e. The van der Waals surface area contributed by atoms with Gasteiger partial charge in [-0.05, 0) is 32.0 Å². The van der Waals surface area contributed by atoms with Crippen molar-refractivity contribution in [3.05, 3.63) is 47.3 Å². The monoisotopic (exact) mass is 320 g/mol. The normalized spacial score (nSPS) is 11.3. The third-order valence-corrected chi connectivity index (χ3v) is 3.96. The lowest BCUT2D eigenvalue weighted by Gasteiger charge is -2.05. The van der Waals surface area contributed by atoms with E-state index in [-0.39, 0.29) is 5.91 Å². The van der Waals surface area contributed by atoms with Gasteiger partial charge < -0.3 is 4.98 Å². The van der Waals surface area contributed by atoms with E-state index >= 15 is 0 Å². The van der Waals surface area contributed by atoms with Crippen molar-refractivity contribution in [2.75, 3.05) is 5.32 Å². The van der Waals surface area contributed by atoms with Crippen LogP contribution < -0.4 is 5.32 Å². The number of fused-ring (bicyclic) bond motifs is 2. The molecule has 0 aliphatic carbocycles. The lowest BCUT2D eigenvalue weighted by atomic mass is 10.1. The van der Waals surface area contributed by atoms with Gasteiger partial charge in [-0.15, -0.1) is 0 Å². The van der Waals surface area contributed by atoms with Crippen molar-refractivity contribution in [3.63, 3.8) is 0 Å². The molecule has 3 aromatic heterocycles. The molecule has 7 nitrogen and oxygen atoms in total. The standard InChI is InChI=1S/C17H16N6O/c1-9-8-11(14-10(2)22-23(3)15(14)18-9)16(24)21-17-19-12-6-4-5-7-13(12)20-17/h4-8H,1-3H3,(H2,19,20,21,24). The number of imidazole rings is 1. The maximum absolute atomic E-state index is 12.8. The fourth-order valence-electron chi connectivity index (χ4n) is 2.94. The molecule has 3 heterocycles. The fourth-order valence-corrected chi connectivity index (χ4v) is 2.94. The summed E-state index contributed by atoms with van der Waals surface area (Å²) in [6, 6.07) is 9.40. The molecule has 7 heteroatoms. The van der Waals surface area contributed by atoms with Crippen LogP contribution in [0.3, 0.4) is 0 Å². The van der Waals surface area contributed by atoms with E-state index in [9.17, 15) is 4.79 Å². The average molecular weight is 320 g/mol. The van der Waals surface area contributed by atoms with E-state index in [1.807, 2.05) is 45.2 Å². The van der Waals surface area contributed by atoms with Gasteiger partial charge in [0.15, 0.2) is 5.65 Å². The first-order valence-electron chi connectivity index (χ1n) is 7.60. The number of rotatable bonds is 2. The highest BCUT2D eigenvalue weighted by atomic mass is 16.1. The molecule has 4 rings (SSSR count). The van der Waals surface area contributed by atoms with E-state index in [4.69, 9.17) is 0 Å². The predicted molar refractivity (Wildman–Crippen MR) is 92.0 cm³/mol. The number of nitrogens with one attached hydrogen (secondary N) is 2. The van der Waals surface area contributed by atoms with Crippen LogP contribution in [-0.2, 0) is 7.05 Å². The number of hydrogen-bond donors (Lipinski definition) is 2. The Bertz CT molecular complexity index is 1060. The Morgan fingerprint density at radius 1 is 1.21 bits per heavy atom. The van der Waals surface area contributed by atoms with E-state index in [1.165, 1.54) is 0 Å². The largest absolute Gasteiger partial charge is 0.324 e. The summed E-state index contributed by atoms with van der Waals surface area (Å²) in [6.45, 7) is 3.73. The van der Waals surface area contributed by atoms with Crippen molar-refractivity contribution >= 4 is 33.9 Å². The molecular weight excluding hydrogens is 304 g/mol. The van der Waals surface area contributed by atoms with Crippen LogP contribution in [0, 0.1) is 13.8 Å². The highest BCUT2D eigenvalue weighted by Gasteiger charge is 2.18. The number of hydrogen-bond acceptors (Lipinski definition) is 4. The number of benzene rings is 1. The van der Waals surface area contributed by atoms with Crippen molar-refractivity contribution in [2.24, 2.45) is 7.05 Å². The summed E-state index contributed by atoms with van der Waals surface area (Å²) < 4.78 is 1.69. The van der Waals surface area contributed by atoms with Gasteiger partial charge in [-0.3, -0.25) is 14.8 Å². The number of nitrogens with zero attached hydrogens (tertiary/aromatic N) is 4. The summed E-state index contributed by atoms with van der Waals surface area (Å²) in [7, 11) is 1.82. The third-order valence-electron chi connectivity index (χ3n) is 3.96. The first-order chi connectivity index (χ1) is 11.5. The van der Waals surface area contributed by atoms with Gasteiger partial charge in [0.05, 0.1) is 27.7 Å². The van der Waals surface area contributed by atoms with Crippen LogP contribution in [0.4, 0.5) is 5.95 Å². The van der Waals surface area contributed by atoms with Crippen molar-refractivity contribution in [1.29, 1.82) is 0 Å². The smallest absolute Gasteiger partial charge is 0.258 e. The van der Waals surface area contributed by atoms with Crippen molar-refractivity contribution < 1.29 is 4.79 Å². The molecule has 0 atom stereocenters. The number of anilines is 1. The molecule has 0 spiro atoms. The Balaban J connectivity index is 1.78. The first-order valence-corrected chi connectivity index (χ1v) is 7.60. The maximum atomic E-state index is 12.8. The van der Waals surface area contributed by atoms with Crippen LogP contribution in [0.2, 0.25) is 0 Å². The van der Waals surface area contributed by atoms with Crippen molar-refractivity contribution in [2.45, 2.75) is 13.8 Å². The van der Waals surface area contributed by atoms with Crippen molar-refractivity contribution in [3.8, 4) is 0 Å². The number of pyridine rings is 1. The zero-order valence-electron chi connectivity index (χ0n) is 13.6. The molecule has 120 valence electrons. The molecule has 24 heavy (non-hydrogen) atoms. The molecule has 1 amide bonds. The minimum absolute atomic E-state index is 0.236. The molecule has 1 aromatic carbocycles. The Morgan fingerprint density at radius 2 is 2.00 bits per heavy atom. The summed E-state index contributed by atoms with van der Waals surface area (Å²) in [6.07, 6.45) is 0. The van der Waals surface area contributed by atoms with Crippen molar-refractivity contribution in [1.82, 2.24) is 24.7 Å². The summed E-state index contributed by atoms with van der Waals surface area (Å²) in [5.74, 6) is 0.186. The van der Waals surface area contributed by atoms with E-state index in [2.05, 4.69) is 25.4 Å². The Labute approximate surface area is 137 Å². The minimum atomic E-state index is -0.236. The van der Waals surface area contributed by atoms with E-state index < -0.39 is 0 Å². The molecule has 0 bridgehead atoms. The molecule has 0 aliphatic rings.